The summed E-state index contributed by atoms with van der Waals surface area (Å²) in [6.07, 6.45) is 1.59. The molecule has 21 heavy (non-hydrogen) atoms. The van der Waals surface area contributed by atoms with E-state index in [-0.39, 0.29) is 17.5 Å². The molecule has 1 aliphatic heterocycles. The predicted octanol–water partition coefficient (Wildman–Crippen LogP) is 0.822. The van der Waals surface area contributed by atoms with Gasteiger partial charge in [0.15, 0.2) is 5.69 Å². The van der Waals surface area contributed by atoms with E-state index >= 15 is 0 Å². The number of hydrogen-bond donors (Lipinski definition) is 2. The number of benzene rings is 1. The van der Waals surface area contributed by atoms with E-state index < -0.39 is 11.7 Å². The minimum atomic E-state index is -0.437. The van der Waals surface area contributed by atoms with Crippen molar-refractivity contribution in [2.24, 2.45) is 0 Å². The van der Waals surface area contributed by atoms with Crippen LogP contribution in [0.1, 0.15) is 16.5 Å². The first kappa shape index (κ1) is 13.5. The molecule has 1 saturated heterocycles. The van der Waals surface area contributed by atoms with E-state index in [1.54, 1.807) is 10.9 Å². The van der Waals surface area contributed by atoms with Crippen molar-refractivity contribution in [1.29, 1.82) is 0 Å². The maximum atomic E-state index is 13.1. The molecule has 2 heterocycles. The van der Waals surface area contributed by atoms with Crippen molar-refractivity contribution >= 4 is 11.6 Å². The summed E-state index contributed by atoms with van der Waals surface area (Å²) in [7, 11) is 1.41. The van der Waals surface area contributed by atoms with E-state index in [4.69, 9.17) is 4.74 Å². The van der Waals surface area contributed by atoms with Crippen LogP contribution in [0.25, 0.3) is 0 Å². The molecule has 1 aromatic heterocycles. The predicted molar refractivity (Wildman–Crippen MR) is 72.8 cm³/mol. The SMILES string of the molecule is COc1cc(F)ccc1NC(=O)c1cn(C2CNC2)nn1. The maximum Gasteiger partial charge on any atom is 0.277 e. The second kappa shape index (κ2) is 5.49. The van der Waals surface area contributed by atoms with Gasteiger partial charge in [0.05, 0.1) is 25.0 Å². The number of halogens is 1. The van der Waals surface area contributed by atoms with E-state index in [1.165, 1.54) is 25.3 Å². The average molecular weight is 291 g/mol. The molecule has 1 aliphatic rings. The van der Waals surface area contributed by atoms with E-state index in [0.29, 0.717) is 5.69 Å². The first-order valence-corrected chi connectivity index (χ1v) is 6.45. The van der Waals surface area contributed by atoms with Crippen molar-refractivity contribution in [1.82, 2.24) is 20.3 Å². The van der Waals surface area contributed by atoms with Gasteiger partial charge in [-0.15, -0.1) is 5.10 Å². The Morgan fingerprint density at radius 3 is 3.00 bits per heavy atom. The van der Waals surface area contributed by atoms with Gasteiger partial charge in [-0.25, -0.2) is 9.07 Å². The quantitative estimate of drug-likeness (QED) is 0.871. The Hall–Kier alpha value is -2.48. The fourth-order valence-corrected chi connectivity index (χ4v) is 1.97. The number of carbonyl (C=O) groups is 1. The molecule has 0 saturated carbocycles. The first-order chi connectivity index (χ1) is 10.2. The Morgan fingerprint density at radius 1 is 1.52 bits per heavy atom. The zero-order valence-electron chi connectivity index (χ0n) is 11.3. The number of nitrogens with zero attached hydrogens (tertiary/aromatic N) is 3. The van der Waals surface area contributed by atoms with Crippen LogP contribution in [0.4, 0.5) is 10.1 Å². The summed E-state index contributed by atoms with van der Waals surface area (Å²) < 4.78 is 19.8. The molecule has 3 rings (SSSR count). The van der Waals surface area contributed by atoms with Crippen molar-refractivity contribution in [2.75, 3.05) is 25.5 Å². The van der Waals surface area contributed by atoms with E-state index in [1.807, 2.05) is 0 Å². The number of anilines is 1. The highest BCUT2D eigenvalue weighted by molar-refractivity contribution is 6.03. The normalized spacial score (nSPS) is 14.6. The molecule has 2 aromatic rings. The van der Waals surface area contributed by atoms with E-state index in [9.17, 15) is 9.18 Å². The summed E-state index contributed by atoms with van der Waals surface area (Å²) in [6.45, 7) is 1.63. The molecule has 8 heteroatoms. The summed E-state index contributed by atoms with van der Waals surface area (Å²) >= 11 is 0. The average Bonchev–Trinajstić information content (AvgIpc) is 2.88. The van der Waals surface area contributed by atoms with Crippen LogP contribution in [0, 0.1) is 5.82 Å². The molecular formula is C13H14FN5O2. The zero-order valence-corrected chi connectivity index (χ0v) is 11.3. The summed E-state index contributed by atoms with van der Waals surface area (Å²) in [6, 6.07) is 4.12. The summed E-state index contributed by atoms with van der Waals surface area (Å²) in [5.74, 6) is -0.606. The number of nitrogens with one attached hydrogen (secondary N) is 2. The van der Waals surface area contributed by atoms with Crippen LogP contribution in [0.15, 0.2) is 24.4 Å². The fourth-order valence-electron chi connectivity index (χ4n) is 1.97. The zero-order chi connectivity index (χ0) is 14.8. The van der Waals surface area contributed by atoms with Gasteiger partial charge in [-0.05, 0) is 12.1 Å². The Labute approximate surface area is 120 Å². The highest BCUT2D eigenvalue weighted by atomic mass is 19.1. The molecule has 0 bridgehead atoms. The van der Waals surface area contributed by atoms with Crippen molar-refractivity contribution in [3.8, 4) is 5.75 Å². The van der Waals surface area contributed by atoms with Gasteiger partial charge >= 0.3 is 0 Å². The van der Waals surface area contributed by atoms with Crippen molar-refractivity contribution in [3.63, 3.8) is 0 Å². The standard InChI is InChI=1S/C13H14FN5O2/c1-21-12-4-8(14)2-3-10(12)16-13(20)11-7-19(18-17-11)9-5-15-6-9/h2-4,7,9,15H,5-6H2,1H3,(H,16,20). The summed E-state index contributed by atoms with van der Waals surface area (Å²) in [5, 5.41) is 13.5. The van der Waals surface area contributed by atoms with Gasteiger partial charge in [0.25, 0.3) is 5.91 Å². The Balaban J connectivity index is 1.75. The Bertz CT molecular complexity index is 668. The third-order valence-electron chi connectivity index (χ3n) is 3.29. The van der Waals surface area contributed by atoms with Crippen LogP contribution in [-0.2, 0) is 0 Å². The Morgan fingerprint density at radius 2 is 2.33 bits per heavy atom. The van der Waals surface area contributed by atoms with Crippen molar-refractivity contribution in [2.45, 2.75) is 6.04 Å². The second-order valence-corrected chi connectivity index (χ2v) is 4.69. The molecule has 2 N–H and O–H groups in total. The second-order valence-electron chi connectivity index (χ2n) is 4.69. The van der Waals surface area contributed by atoms with Crippen LogP contribution < -0.4 is 15.4 Å². The highest BCUT2D eigenvalue weighted by Gasteiger charge is 2.22. The molecule has 110 valence electrons. The van der Waals surface area contributed by atoms with Crippen LogP contribution in [0.3, 0.4) is 0 Å². The topological polar surface area (TPSA) is 81.1 Å². The summed E-state index contributed by atoms with van der Waals surface area (Å²) in [4.78, 5) is 12.1. The highest BCUT2D eigenvalue weighted by Crippen LogP contribution is 2.25. The lowest BCUT2D eigenvalue weighted by Gasteiger charge is -2.26. The number of carbonyl (C=O) groups excluding carboxylic acids is 1. The number of hydrogen-bond acceptors (Lipinski definition) is 5. The third kappa shape index (κ3) is 2.70. The number of rotatable bonds is 4. The number of amides is 1. The molecule has 1 fully saturated rings. The molecule has 0 radical (unpaired) electrons. The third-order valence-corrected chi connectivity index (χ3v) is 3.29. The molecule has 0 aliphatic carbocycles. The van der Waals surface area contributed by atoms with Gasteiger partial charge < -0.3 is 15.4 Å². The Kier molecular flexibility index (Phi) is 3.53. The molecule has 0 unspecified atom stereocenters. The number of methoxy groups -OCH3 is 1. The van der Waals surface area contributed by atoms with E-state index in [0.717, 1.165) is 13.1 Å². The van der Waals surface area contributed by atoms with Gasteiger partial charge in [-0.3, -0.25) is 4.79 Å². The fraction of sp³-hybridized carbons (Fsp3) is 0.308. The lowest BCUT2D eigenvalue weighted by molar-refractivity contribution is 0.102. The minimum Gasteiger partial charge on any atom is -0.494 e. The van der Waals surface area contributed by atoms with Gasteiger partial charge in [-0.1, -0.05) is 5.21 Å². The molecule has 1 aromatic carbocycles. The molecule has 0 spiro atoms. The smallest absolute Gasteiger partial charge is 0.277 e. The first-order valence-electron chi connectivity index (χ1n) is 6.45. The van der Waals surface area contributed by atoms with Gasteiger partial charge in [-0.2, -0.15) is 0 Å². The largest absolute Gasteiger partial charge is 0.494 e. The lowest BCUT2D eigenvalue weighted by atomic mass is 10.2. The monoisotopic (exact) mass is 291 g/mol. The summed E-state index contributed by atoms with van der Waals surface area (Å²) in [5.41, 5.74) is 0.581. The molecule has 7 nitrogen and oxygen atoms in total. The van der Waals surface area contributed by atoms with Crippen LogP contribution >= 0.6 is 0 Å². The molecule has 1 amide bonds. The van der Waals surface area contributed by atoms with Gasteiger partial charge in [0.2, 0.25) is 0 Å². The molecule has 0 atom stereocenters. The van der Waals surface area contributed by atoms with E-state index in [2.05, 4.69) is 20.9 Å². The van der Waals surface area contributed by atoms with Crippen molar-refractivity contribution < 1.29 is 13.9 Å². The minimum absolute atomic E-state index is 0.202. The number of aromatic nitrogens is 3. The molecular weight excluding hydrogens is 277 g/mol. The van der Waals surface area contributed by atoms with Crippen LogP contribution in [-0.4, -0.2) is 41.1 Å². The number of ether oxygens (including phenoxy) is 1. The van der Waals surface area contributed by atoms with Gasteiger partial charge in [0, 0.05) is 19.2 Å². The van der Waals surface area contributed by atoms with Crippen LogP contribution in [0.5, 0.6) is 5.75 Å². The van der Waals surface area contributed by atoms with Crippen molar-refractivity contribution in [3.05, 3.63) is 35.9 Å². The lowest BCUT2D eigenvalue weighted by Crippen LogP contribution is -2.43. The maximum absolute atomic E-state index is 13.1. The van der Waals surface area contributed by atoms with Crippen LogP contribution in [0.2, 0.25) is 0 Å². The van der Waals surface area contributed by atoms with Gasteiger partial charge in [0.1, 0.15) is 11.6 Å².